The molecule has 0 spiro atoms. The molecule has 0 saturated carbocycles. The van der Waals surface area contributed by atoms with E-state index in [-0.39, 0.29) is 18.2 Å². The number of aromatic nitrogens is 3. The van der Waals surface area contributed by atoms with Crippen molar-refractivity contribution in [1.29, 1.82) is 0 Å². The van der Waals surface area contributed by atoms with E-state index in [4.69, 9.17) is 9.72 Å². The van der Waals surface area contributed by atoms with Gasteiger partial charge in [-0.15, -0.1) is 0 Å². The number of esters is 1. The molecule has 2 aromatic heterocycles. The number of fused-ring (bicyclic) bond motifs is 1. The van der Waals surface area contributed by atoms with Gasteiger partial charge in [0.15, 0.2) is 0 Å². The van der Waals surface area contributed by atoms with Crippen LogP contribution in [0, 0.1) is 5.92 Å². The Morgan fingerprint density at radius 3 is 2.00 bits per heavy atom. The summed E-state index contributed by atoms with van der Waals surface area (Å²) in [6.07, 6.45) is 6.23. The van der Waals surface area contributed by atoms with Gasteiger partial charge in [-0.3, -0.25) is 9.78 Å². The Hall–Kier alpha value is -5.21. The minimum absolute atomic E-state index is 0.170. The van der Waals surface area contributed by atoms with Crippen LogP contribution in [-0.2, 0) is 32.7 Å². The molecule has 49 heavy (non-hydrogen) atoms. The summed E-state index contributed by atoms with van der Waals surface area (Å²) in [5.41, 5.74) is 4.99. The van der Waals surface area contributed by atoms with Crippen LogP contribution in [0.3, 0.4) is 0 Å². The van der Waals surface area contributed by atoms with E-state index in [0.717, 1.165) is 38.9 Å². The van der Waals surface area contributed by atoms with Crippen LogP contribution >= 0.6 is 11.8 Å². The molecule has 0 saturated heterocycles. The zero-order valence-corrected chi connectivity index (χ0v) is 28.6. The van der Waals surface area contributed by atoms with Crippen LogP contribution in [0.25, 0.3) is 10.9 Å². The molecule has 6 rings (SSSR count). The molecule has 8 heteroatoms. The Morgan fingerprint density at radius 2 is 1.41 bits per heavy atom. The van der Waals surface area contributed by atoms with Gasteiger partial charge in [-0.25, -0.2) is 9.78 Å². The van der Waals surface area contributed by atoms with Crippen molar-refractivity contribution in [2.45, 2.75) is 31.3 Å². The molecule has 248 valence electrons. The smallest absolute Gasteiger partial charge is 0.328 e. The third-order valence-electron chi connectivity index (χ3n) is 8.89. The van der Waals surface area contributed by atoms with Crippen molar-refractivity contribution in [3.05, 3.63) is 168 Å². The van der Waals surface area contributed by atoms with Gasteiger partial charge in [0.1, 0.15) is 11.6 Å². The molecule has 7 nitrogen and oxygen atoms in total. The van der Waals surface area contributed by atoms with Crippen LogP contribution in [0.15, 0.2) is 140 Å². The monoisotopic (exact) mass is 668 g/mol. The SMILES string of the molecule is CCSCC(Cc1cccc2cccnc12)C(=O)N[C@@H](Cc1cn(C(c2ccccc2)(c2ccccc2)c2ccccc2)cn1)C(=O)OC. The molecule has 1 unspecified atom stereocenters. The molecule has 0 bridgehead atoms. The van der Waals surface area contributed by atoms with Gasteiger partial charge in [0.05, 0.1) is 30.6 Å². The highest BCUT2D eigenvalue weighted by molar-refractivity contribution is 7.99. The van der Waals surface area contributed by atoms with Gasteiger partial charge in [-0.05, 0) is 40.5 Å². The number of carbonyl (C=O) groups is 2. The Kier molecular flexibility index (Phi) is 10.9. The highest BCUT2D eigenvalue weighted by Gasteiger charge is 2.38. The summed E-state index contributed by atoms with van der Waals surface area (Å²) in [7, 11) is 1.34. The minimum Gasteiger partial charge on any atom is -0.467 e. The average Bonchev–Trinajstić information content (AvgIpc) is 3.63. The van der Waals surface area contributed by atoms with Crippen molar-refractivity contribution >= 4 is 34.5 Å². The van der Waals surface area contributed by atoms with E-state index >= 15 is 0 Å². The summed E-state index contributed by atoms with van der Waals surface area (Å²) in [6, 6.07) is 40.1. The number of benzene rings is 4. The molecule has 0 aliphatic heterocycles. The van der Waals surface area contributed by atoms with Gasteiger partial charge in [0.25, 0.3) is 0 Å². The van der Waals surface area contributed by atoms with Gasteiger partial charge >= 0.3 is 5.97 Å². The maximum absolute atomic E-state index is 14.0. The lowest BCUT2D eigenvalue weighted by Crippen LogP contribution is -2.46. The van der Waals surface area contributed by atoms with Crippen LogP contribution in [0.4, 0.5) is 0 Å². The average molecular weight is 669 g/mol. The molecule has 4 aromatic carbocycles. The number of imidazole rings is 1. The number of amides is 1. The second-order valence-electron chi connectivity index (χ2n) is 11.9. The number of thioether (sulfide) groups is 1. The largest absolute Gasteiger partial charge is 0.467 e. The second kappa shape index (κ2) is 15.8. The number of carbonyl (C=O) groups excluding carboxylic acids is 2. The van der Waals surface area contributed by atoms with Gasteiger partial charge in [-0.2, -0.15) is 11.8 Å². The molecule has 2 atom stereocenters. The van der Waals surface area contributed by atoms with E-state index in [2.05, 4.69) is 58.2 Å². The first-order valence-electron chi connectivity index (χ1n) is 16.5. The first-order valence-corrected chi connectivity index (χ1v) is 17.7. The van der Waals surface area contributed by atoms with Crippen LogP contribution in [0.2, 0.25) is 0 Å². The molecular weight excluding hydrogens is 629 g/mol. The fraction of sp³-hybridized carbons (Fsp3) is 0.220. The summed E-state index contributed by atoms with van der Waals surface area (Å²) < 4.78 is 7.30. The van der Waals surface area contributed by atoms with Crippen LogP contribution in [0.1, 0.15) is 34.9 Å². The van der Waals surface area contributed by atoms with Crippen molar-refractivity contribution in [3.63, 3.8) is 0 Å². The van der Waals surface area contributed by atoms with E-state index in [1.165, 1.54) is 7.11 Å². The number of hydrogen-bond donors (Lipinski definition) is 1. The van der Waals surface area contributed by atoms with Gasteiger partial charge < -0.3 is 14.6 Å². The fourth-order valence-corrected chi connectivity index (χ4v) is 7.35. The normalized spacial score (nSPS) is 12.7. The van der Waals surface area contributed by atoms with E-state index in [1.807, 2.05) is 97.5 Å². The van der Waals surface area contributed by atoms with E-state index in [0.29, 0.717) is 17.9 Å². The lowest BCUT2D eigenvalue weighted by atomic mass is 9.77. The first kappa shape index (κ1) is 33.7. The van der Waals surface area contributed by atoms with Crippen molar-refractivity contribution in [1.82, 2.24) is 19.9 Å². The number of methoxy groups -OCH3 is 1. The molecule has 0 fully saturated rings. The van der Waals surface area contributed by atoms with Crippen molar-refractivity contribution in [3.8, 4) is 0 Å². The summed E-state index contributed by atoms with van der Waals surface area (Å²) in [4.78, 5) is 36.6. The zero-order chi connectivity index (χ0) is 34.1. The molecule has 1 N–H and O–H groups in total. The lowest BCUT2D eigenvalue weighted by Gasteiger charge is -2.37. The molecule has 2 heterocycles. The Bertz CT molecular complexity index is 1880. The summed E-state index contributed by atoms with van der Waals surface area (Å²) >= 11 is 1.70. The Balaban J connectivity index is 1.32. The van der Waals surface area contributed by atoms with Crippen molar-refractivity contribution in [2.75, 3.05) is 18.6 Å². The van der Waals surface area contributed by atoms with Crippen LogP contribution in [0.5, 0.6) is 0 Å². The lowest BCUT2D eigenvalue weighted by molar-refractivity contribution is -0.145. The molecule has 1 amide bonds. The Labute approximate surface area is 291 Å². The number of para-hydroxylation sites is 1. The second-order valence-corrected chi connectivity index (χ2v) is 13.2. The molecule has 6 aromatic rings. The quantitative estimate of drug-likeness (QED) is 0.0986. The highest BCUT2D eigenvalue weighted by atomic mass is 32.2. The number of nitrogens with zero attached hydrogens (tertiary/aromatic N) is 3. The van der Waals surface area contributed by atoms with Crippen LogP contribution < -0.4 is 5.32 Å². The third-order valence-corrected chi connectivity index (χ3v) is 9.94. The number of hydrogen-bond acceptors (Lipinski definition) is 6. The van der Waals surface area contributed by atoms with Gasteiger partial charge in [-0.1, -0.05) is 122 Å². The molecule has 0 aliphatic carbocycles. The Morgan fingerprint density at radius 1 is 0.796 bits per heavy atom. The minimum atomic E-state index is -0.916. The number of ether oxygens (including phenoxy) is 1. The maximum Gasteiger partial charge on any atom is 0.328 e. The number of rotatable bonds is 14. The summed E-state index contributed by atoms with van der Waals surface area (Å²) in [6.45, 7) is 2.08. The molecule has 0 aliphatic rings. The van der Waals surface area contributed by atoms with Gasteiger partial charge in [0, 0.05) is 30.0 Å². The summed E-state index contributed by atoms with van der Waals surface area (Å²) in [5, 5.41) is 4.07. The first-order chi connectivity index (χ1) is 24.0. The maximum atomic E-state index is 14.0. The number of nitrogens with one attached hydrogen (secondary N) is 1. The number of pyridine rings is 1. The topological polar surface area (TPSA) is 86.1 Å². The molecular formula is C41H40N4O3S. The molecule has 0 radical (unpaired) electrons. The van der Waals surface area contributed by atoms with Crippen molar-refractivity contribution < 1.29 is 14.3 Å². The van der Waals surface area contributed by atoms with Gasteiger partial charge in [0.2, 0.25) is 5.91 Å². The predicted molar refractivity (Wildman–Crippen MR) is 196 cm³/mol. The predicted octanol–water partition coefficient (Wildman–Crippen LogP) is 7.08. The van der Waals surface area contributed by atoms with Crippen LogP contribution in [-0.4, -0.2) is 51.1 Å². The third kappa shape index (κ3) is 7.29. The summed E-state index contributed by atoms with van der Waals surface area (Å²) in [5.74, 6) is 0.403. The highest BCUT2D eigenvalue weighted by Crippen LogP contribution is 2.40. The standard InChI is InChI=1S/C41H40N4O3S/c1-3-49-28-32(25-31-16-13-15-30-17-14-24-42-38(30)31)39(46)44-37(40(47)48-2)26-36-27-45(29-43-36)41(33-18-7-4-8-19-33,34-20-9-5-10-21-34)35-22-11-6-12-23-35/h4-24,27,29,32,37H,3,25-26,28H2,1-2H3,(H,44,46)/t32?,37-/m0/s1. The van der Waals surface area contributed by atoms with E-state index in [9.17, 15) is 9.59 Å². The van der Waals surface area contributed by atoms with Crippen molar-refractivity contribution in [2.24, 2.45) is 5.92 Å². The van der Waals surface area contributed by atoms with E-state index in [1.54, 1.807) is 18.0 Å². The van der Waals surface area contributed by atoms with E-state index < -0.39 is 17.6 Å². The fourth-order valence-electron chi connectivity index (χ4n) is 6.56. The zero-order valence-electron chi connectivity index (χ0n) is 27.7.